The maximum Gasteiger partial charge on any atom is 0.429 e. The minimum absolute atomic E-state index is 0.0953. The molecule has 8 nitrogen and oxygen atoms in total. The van der Waals surface area contributed by atoms with Crippen LogP contribution in [0.15, 0.2) is 54.0 Å². The van der Waals surface area contributed by atoms with Gasteiger partial charge in [-0.1, -0.05) is 30.3 Å². The molecular weight excluding hydrogens is 471 g/mol. The van der Waals surface area contributed by atoms with E-state index in [0.717, 1.165) is 0 Å². The van der Waals surface area contributed by atoms with Crippen molar-refractivity contribution in [2.45, 2.75) is 24.7 Å². The summed E-state index contributed by atoms with van der Waals surface area (Å²) in [4.78, 5) is 22.9. The number of carboxylic acids is 1. The highest BCUT2D eigenvalue weighted by Gasteiger charge is 2.43. The molecule has 5 N–H and O–H groups in total. The van der Waals surface area contributed by atoms with Crippen LogP contribution in [0.3, 0.4) is 0 Å². The molecule has 34 heavy (non-hydrogen) atoms. The van der Waals surface area contributed by atoms with E-state index in [1.807, 2.05) is 0 Å². The lowest BCUT2D eigenvalue weighted by atomic mass is 10.0. The standard InChI is InChI=1S/C22H18F3N5O3S/c23-22(24,25)19(13-5-6-15-17(8-13)34-10-28-15)33-18-9-16(29-21(27)30-18)12-3-1-11(2-4-12)7-14(26)20(31)32/h1-6,8-10,14,19H,7,26H2,(H,31,32)(H2,27,29,30)/t14-,19?/m0/s1. The first-order chi connectivity index (χ1) is 16.1. The fraction of sp³-hybridized carbons (Fsp3) is 0.182. The molecule has 0 fully saturated rings. The molecule has 176 valence electrons. The zero-order valence-electron chi connectivity index (χ0n) is 17.4. The molecule has 2 aromatic heterocycles. The summed E-state index contributed by atoms with van der Waals surface area (Å²) in [5.74, 6) is -1.72. The Bertz CT molecular complexity index is 1330. The Labute approximate surface area is 195 Å². The number of hydrogen-bond donors (Lipinski definition) is 3. The summed E-state index contributed by atoms with van der Waals surface area (Å²) >= 11 is 1.22. The van der Waals surface area contributed by atoms with Crippen LogP contribution in [0, 0.1) is 0 Å². The van der Waals surface area contributed by atoms with Gasteiger partial charge in [-0.2, -0.15) is 18.2 Å². The summed E-state index contributed by atoms with van der Waals surface area (Å²) in [6.07, 6.45) is -6.88. The maximum atomic E-state index is 13.9. The van der Waals surface area contributed by atoms with E-state index in [1.165, 1.54) is 35.6 Å². The summed E-state index contributed by atoms with van der Waals surface area (Å²) in [6, 6.07) is 11.0. The molecule has 12 heteroatoms. The Balaban J connectivity index is 1.62. The smallest absolute Gasteiger partial charge is 0.429 e. The molecule has 0 aliphatic heterocycles. The van der Waals surface area contributed by atoms with Crippen LogP contribution in [-0.2, 0) is 11.2 Å². The Morgan fingerprint density at radius 3 is 2.53 bits per heavy atom. The van der Waals surface area contributed by atoms with Crippen molar-refractivity contribution >= 4 is 33.5 Å². The van der Waals surface area contributed by atoms with Gasteiger partial charge in [-0.3, -0.25) is 4.79 Å². The van der Waals surface area contributed by atoms with E-state index in [4.69, 9.17) is 21.3 Å². The molecule has 4 aromatic rings. The molecular formula is C22H18F3N5O3S. The second kappa shape index (κ2) is 9.23. The van der Waals surface area contributed by atoms with Crippen molar-refractivity contribution in [1.29, 1.82) is 0 Å². The second-order valence-corrected chi connectivity index (χ2v) is 8.30. The van der Waals surface area contributed by atoms with Crippen LogP contribution in [-0.4, -0.2) is 38.2 Å². The number of nitrogens with two attached hydrogens (primary N) is 2. The average molecular weight is 489 g/mol. The van der Waals surface area contributed by atoms with Crippen molar-refractivity contribution in [2.24, 2.45) is 5.73 Å². The lowest BCUT2D eigenvalue weighted by molar-refractivity contribution is -0.198. The van der Waals surface area contributed by atoms with Crippen LogP contribution >= 0.6 is 11.3 Å². The van der Waals surface area contributed by atoms with Crippen LogP contribution in [0.5, 0.6) is 5.88 Å². The number of alkyl halides is 3. The number of hydrogen-bond acceptors (Lipinski definition) is 8. The normalized spacial score (nSPS) is 13.5. The van der Waals surface area contributed by atoms with E-state index in [0.29, 0.717) is 21.3 Å². The highest BCUT2D eigenvalue weighted by atomic mass is 32.1. The molecule has 0 aliphatic rings. The molecule has 2 aromatic carbocycles. The molecule has 2 heterocycles. The van der Waals surface area contributed by atoms with Crippen LogP contribution < -0.4 is 16.2 Å². The number of aromatic nitrogens is 3. The highest BCUT2D eigenvalue weighted by Crippen LogP contribution is 2.38. The fourth-order valence-corrected chi connectivity index (χ4v) is 4.01. The van der Waals surface area contributed by atoms with E-state index in [1.54, 1.807) is 29.8 Å². The van der Waals surface area contributed by atoms with Crippen LogP contribution in [0.25, 0.3) is 21.5 Å². The maximum absolute atomic E-state index is 13.9. The van der Waals surface area contributed by atoms with Gasteiger partial charge in [-0.05, 0) is 24.1 Å². The van der Waals surface area contributed by atoms with Gasteiger partial charge in [0.25, 0.3) is 0 Å². The monoisotopic (exact) mass is 489 g/mol. The van der Waals surface area contributed by atoms with E-state index < -0.39 is 24.3 Å². The van der Waals surface area contributed by atoms with Crippen molar-refractivity contribution in [3.8, 4) is 17.1 Å². The highest BCUT2D eigenvalue weighted by molar-refractivity contribution is 7.16. The molecule has 0 amide bonds. The third-order valence-corrected chi connectivity index (χ3v) is 5.73. The molecule has 0 spiro atoms. The van der Waals surface area contributed by atoms with E-state index in [9.17, 15) is 18.0 Å². The summed E-state index contributed by atoms with van der Waals surface area (Å²) in [7, 11) is 0. The van der Waals surface area contributed by atoms with Crippen LogP contribution in [0.2, 0.25) is 0 Å². The van der Waals surface area contributed by atoms with E-state index in [-0.39, 0.29) is 29.5 Å². The summed E-state index contributed by atoms with van der Waals surface area (Å²) < 4.78 is 47.5. The van der Waals surface area contributed by atoms with Crippen molar-refractivity contribution in [1.82, 2.24) is 15.0 Å². The van der Waals surface area contributed by atoms with Crippen molar-refractivity contribution < 1.29 is 27.8 Å². The molecule has 0 saturated heterocycles. The number of anilines is 1. The molecule has 2 atom stereocenters. The predicted molar refractivity (Wildman–Crippen MR) is 120 cm³/mol. The van der Waals surface area contributed by atoms with Gasteiger partial charge in [0.1, 0.15) is 6.04 Å². The Morgan fingerprint density at radius 1 is 1.12 bits per heavy atom. The number of carbonyl (C=O) groups is 1. The van der Waals surface area contributed by atoms with Crippen molar-refractivity contribution in [3.63, 3.8) is 0 Å². The molecule has 0 aliphatic carbocycles. The number of carboxylic acid groups (broad SMARTS) is 1. The second-order valence-electron chi connectivity index (χ2n) is 7.41. The van der Waals surface area contributed by atoms with Gasteiger partial charge < -0.3 is 21.3 Å². The van der Waals surface area contributed by atoms with Gasteiger partial charge >= 0.3 is 12.1 Å². The number of benzene rings is 2. The minimum Gasteiger partial charge on any atom is -0.480 e. The lowest BCUT2D eigenvalue weighted by Crippen LogP contribution is -2.32. The van der Waals surface area contributed by atoms with Gasteiger partial charge in [0.05, 0.1) is 21.4 Å². The predicted octanol–water partition coefficient (Wildman–Crippen LogP) is 3.97. The number of aliphatic carboxylic acids is 1. The average Bonchev–Trinajstić information content (AvgIpc) is 3.24. The summed E-state index contributed by atoms with van der Waals surface area (Å²) in [5.41, 5.74) is 14.8. The fourth-order valence-electron chi connectivity index (χ4n) is 3.28. The Hall–Kier alpha value is -3.77. The van der Waals surface area contributed by atoms with E-state index in [2.05, 4.69) is 15.0 Å². The van der Waals surface area contributed by atoms with Crippen molar-refractivity contribution in [2.75, 3.05) is 5.73 Å². The number of halogens is 3. The number of nitrogen functional groups attached to an aromatic ring is 1. The quantitative estimate of drug-likeness (QED) is 0.355. The minimum atomic E-state index is -4.72. The molecule has 1 unspecified atom stereocenters. The Kier molecular flexibility index (Phi) is 6.35. The molecule has 0 bridgehead atoms. The number of nitrogens with zero attached hydrogens (tertiary/aromatic N) is 3. The van der Waals surface area contributed by atoms with Gasteiger partial charge in [0.15, 0.2) is 0 Å². The first-order valence-electron chi connectivity index (χ1n) is 9.89. The molecule has 4 rings (SSSR count). The van der Waals surface area contributed by atoms with Gasteiger partial charge in [-0.15, -0.1) is 11.3 Å². The topological polar surface area (TPSA) is 137 Å². The number of fused-ring (bicyclic) bond motifs is 1. The van der Waals surface area contributed by atoms with Gasteiger partial charge in [0.2, 0.25) is 17.9 Å². The van der Waals surface area contributed by atoms with Crippen LogP contribution in [0.4, 0.5) is 19.1 Å². The molecule has 0 saturated carbocycles. The number of thiazole rings is 1. The van der Waals surface area contributed by atoms with Crippen molar-refractivity contribution in [3.05, 3.63) is 65.2 Å². The first-order valence-corrected chi connectivity index (χ1v) is 10.8. The number of rotatable bonds is 7. The third-order valence-electron chi connectivity index (χ3n) is 4.94. The Morgan fingerprint density at radius 2 is 1.85 bits per heavy atom. The summed E-state index contributed by atoms with van der Waals surface area (Å²) in [6.45, 7) is 0. The van der Waals surface area contributed by atoms with Gasteiger partial charge in [0, 0.05) is 17.2 Å². The first kappa shape index (κ1) is 23.4. The van der Waals surface area contributed by atoms with Crippen LogP contribution in [0.1, 0.15) is 17.2 Å². The zero-order valence-corrected chi connectivity index (χ0v) is 18.2. The number of ether oxygens (including phenoxy) is 1. The lowest BCUT2D eigenvalue weighted by Gasteiger charge is -2.22. The largest absolute Gasteiger partial charge is 0.480 e. The van der Waals surface area contributed by atoms with E-state index >= 15 is 0 Å². The molecule has 0 radical (unpaired) electrons. The zero-order chi connectivity index (χ0) is 24.5. The third kappa shape index (κ3) is 5.24. The summed E-state index contributed by atoms with van der Waals surface area (Å²) in [5, 5.41) is 8.94. The van der Waals surface area contributed by atoms with Gasteiger partial charge in [-0.25, -0.2) is 9.97 Å². The SMILES string of the molecule is Nc1nc(OC(c2ccc3ncsc3c2)C(F)(F)F)cc(-c2ccc(C[C@H](N)C(=O)O)cc2)n1.